The van der Waals surface area contributed by atoms with Crippen molar-refractivity contribution in [1.29, 1.82) is 0 Å². The number of carboxylic acids is 1. The molecule has 1 saturated heterocycles. The minimum absolute atomic E-state index is 0.0335. The molecule has 102 valence electrons. The maximum absolute atomic E-state index is 11.4. The molecule has 7 heteroatoms. The van der Waals surface area contributed by atoms with E-state index >= 15 is 0 Å². The molecule has 0 aliphatic carbocycles. The monoisotopic (exact) mass is 257 g/mol. The Labute approximate surface area is 106 Å². The molecule has 1 unspecified atom stereocenters. The first-order valence-corrected chi connectivity index (χ1v) is 6.06. The molecule has 0 saturated carbocycles. The van der Waals surface area contributed by atoms with Gasteiger partial charge in [-0.05, 0) is 13.3 Å². The summed E-state index contributed by atoms with van der Waals surface area (Å²) in [6, 6.07) is -0.506. The molecule has 3 amide bonds. The molecule has 1 heterocycles. The minimum atomic E-state index is -0.878. The SMILES string of the molecule is CCN1CC(NC(=O)NCCCC(=O)O)CC1=O. The molecule has 1 atom stereocenters. The molecule has 0 aromatic rings. The quantitative estimate of drug-likeness (QED) is 0.572. The fourth-order valence-corrected chi connectivity index (χ4v) is 1.85. The number of carbonyl (C=O) groups is 3. The molecule has 3 N–H and O–H groups in total. The zero-order valence-corrected chi connectivity index (χ0v) is 10.4. The highest BCUT2D eigenvalue weighted by atomic mass is 16.4. The van der Waals surface area contributed by atoms with Crippen LogP contribution in [0.3, 0.4) is 0 Å². The van der Waals surface area contributed by atoms with Crippen molar-refractivity contribution >= 4 is 17.9 Å². The van der Waals surface area contributed by atoms with Gasteiger partial charge in [-0.2, -0.15) is 0 Å². The second-order valence-electron chi connectivity index (χ2n) is 4.23. The van der Waals surface area contributed by atoms with Gasteiger partial charge in [0.1, 0.15) is 0 Å². The highest BCUT2D eigenvalue weighted by Gasteiger charge is 2.29. The van der Waals surface area contributed by atoms with Crippen LogP contribution in [0.1, 0.15) is 26.2 Å². The van der Waals surface area contributed by atoms with E-state index in [0.29, 0.717) is 32.5 Å². The van der Waals surface area contributed by atoms with Gasteiger partial charge in [0, 0.05) is 32.5 Å². The Morgan fingerprint density at radius 2 is 2.22 bits per heavy atom. The van der Waals surface area contributed by atoms with Crippen LogP contribution in [-0.4, -0.2) is 53.6 Å². The zero-order chi connectivity index (χ0) is 13.5. The number of hydrogen-bond acceptors (Lipinski definition) is 3. The molecule has 0 bridgehead atoms. The van der Waals surface area contributed by atoms with Crippen LogP contribution in [0.4, 0.5) is 4.79 Å². The van der Waals surface area contributed by atoms with E-state index in [0.717, 1.165) is 0 Å². The third kappa shape index (κ3) is 4.60. The van der Waals surface area contributed by atoms with Crippen molar-refractivity contribution in [3.63, 3.8) is 0 Å². The minimum Gasteiger partial charge on any atom is -0.481 e. The van der Waals surface area contributed by atoms with Crippen LogP contribution in [0.2, 0.25) is 0 Å². The zero-order valence-electron chi connectivity index (χ0n) is 10.4. The first-order chi connectivity index (χ1) is 8.52. The summed E-state index contributed by atoms with van der Waals surface area (Å²) in [5, 5.41) is 13.7. The fourth-order valence-electron chi connectivity index (χ4n) is 1.85. The largest absolute Gasteiger partial charge is 0.481 e. The number of likely N-dealkylation sites (tertiary alicyclic amines) is 1. The summed E-state index contributed by atoms with van der Waals surface area (Å²) in [4.78, 5) is 34.8. The van der Waals surface area contributed by atoms with E-state index in [1.165, 1.54) is 0 Å². The maximum Gasteiger partial charge on any atom is 0.315 e. The van der Waals surface area contributed by atoms with Gasteiger partial charge in [-0.1, -0.05) is 0 Å². The van der Waals surface area contributed by atoms with Gasteiger partial charge in [0.25, 0.3) is 0 Å². The average molecular weight is 257 g/mol. The average Bonchev–Trinajstić information content (AvgIpc) is 2.64. The smallest absolute Gasteiger partial charge is 0.315 e. The van der Waals surface area contributed by atoms with Crippen molar-refractivity contribution in [1.82, 2.24) is 15.5 Å². The van der Waals surface area contributed by atoms with Crippen LogP contribution in [0, 0.1) is 0 Å². The van der Waals surface area contributed by atoms with E-state index < -0.39 is 5.97 Å². The third-order valence-electron chi connectivity index (χ3n) is 2.78. The molecule has 1 fully saturated rings. The number of nitrogens with one attached hydrogen (secondary N) is 2. The van der Waals surface area contributed by atoms with Crippen molar-refractivity contribution in [2.45, 2.75) is 32.2 Å². The number of likely N-dealkylation sites (N-methyl/N-ethyl adjacent to an activating group) is 1. The van der Waals surface area contributed by atoms with Gasteiger partial charge >= 0.3 is 12.0 Å². The topological polar surface area (TPSA) is 98.7 Å². The third-order valence-corrected chi connectivity index (χ3v) is 2.78. The van der Waals surface area contributed by atoms with Crippen LogP contribution < -0.4 is 10.6 Å². The summed E-state index contributed by atoms with van der Waals surface area (Å²) < 4.78 is 0. The van der Waals surface area contributed by atoms with Crippen LogP contribution in [0.5, 0.6) is 0 Å². The Hall–Kier alpha value is -1.79. The number of aliphatic carboxylic acids is 1. The Balaban J connectivity index is 2.17. The Morgan fingerprint density at radius 1 is 1.50 bits per heavy atom. The normalized spacial score (nSPS) is 18.8. The van der Waals surface area contributed by atoms with Crippen molar-refractivity contribution in [3.8, 4) is 0 Å². The van der Waals surface area contributed by atoms with E-state index in [1.807, 2.05) is 6.92 Å². The molecule has 0 aromatic carbocycles. The number of carbonyl (C=O) groups excluding carboxylic acids is 2. The maximum atomic E-state index is 11.4. The van der Waals surface area contributed by atoms with Crippen molar-refractivity contribution < 1.29 is 19.5 Å². The van der Waals surface area contributed by atoms with Crippen LogP contribution in [-0.2, 0) is 9.59 Å². The first kappa shape index (κ1) is 14.3. The van der Waals surface area contributed by atoms with Crippen LogP contribution >= 0.6 is 0 Å². The summed E-state index contributed by atoms with van der Waals surface area (Å²) in [6.45, 7) is 3.40. The van der Waals surface area contributed by atoms with Crippen LogP contribution in [0.25, 0.3) is 0 Å². The van der Waals surface area contributed by atoms with Gasteiger partial charge in [-0.25, -0.2) is 4.79 Å². The molecule has 1 rings (SSSR count). The first-order valence-electron chi connectivity index (χ1n) is 6.06. The van der Waals surface area contributed by atoms with Crippen molar-refractivity contribution in [2.24, 2.45) is 0 Å². The molecule has 1 aliphatic rings. The van der Waals surface area contributed by atoms with Gasteiger partial charge in [0.2, 0.25) is 5.91 Å². The summed E-state index contributed by atoms with van der Waals surface area (Å²) in [6.07, 6.45) is 0.760. The van der Waals surface area contributed by atoms with E-state index in [4.69, 9.17) is 5.11 Å². The number of hydrogen-bond donors (Lipinski definition) is 3. The standard InChI is InChI=1S/C11H19N3O4/c1-2-14-7-8(6-9(14)15)13-11(18)12-5-3-4-10(16)17/h8H,2-7H2,1H3,(H,16,17)(H2,12,13,18). The number of amides is 3. The molecule has 0 aromatic heterocycles. The lowest BCUT2D eigenvalue weighted by Crippen LogP contribution is -2.43. The van der Waals surface area contributed by atoms with Crippen LogP contribution in [0.15, 0.2) is 0 Å². The summed E-state index contributed by atoms with van der Waals surface area (Å²) in [5.74, 6) is -0.828. The fraction of sp³-hybridized carbons (Fsp3) is 0.727. The van der Waals surface area contributed by atoms with Gasteiger partial charge in [-0.15, -0.1) is 0 Å². The molecule has 0 spiro atoms. The lowest BCUT2D eigenvalue weighted by molar-refractivity contribution is -0.137. The highest BCUT2D eigenvalue weighted by molar-refractivity contribution is 5.81. The van der Waals surface area contributed by atoms with Gasteiger partial charge < -0.3 is 20.6 Å². The highest BCUT2D eigenvalue weighted by Crippen LogP contribution is 2.09. The molecule has 7 nitrogen and oxygen atoms in total. The predicted molar refractivity (Wildman–Crippen MR) is 64.1 cm³/mol. The molecule has 1 aliphatic heterocycles. The lowest BCUT2D eigenvalue weighted by atomic mass is 10.2. The van der Waals surface area contributed by atoms with Crippen molar-refractivity contribution in [2.75, 3.05) is 19.6 Å². The van der Waals surface area contributed by atoms with Crippen molar-refractivity contribution in [3.05, 3.63) is 0 Å². The van der Waals surface area contributed by atoms with E-state index in [-0.39, 0.29) is 24.4 Å². The number of nitrogens with zero attached hydrogens (tertiary/aromatic N) is 1. The summed E-state index contributed by atoms with van der Waals surface area (Å²) in [7, 11) is 0. The number of urea groups is 1. The Kier molecular flexibility index (Phi) is 5.41. The van der Waals surface area contributed by atoms with E-state index in [1.54, 1.807) is 4.90 Å². The van der Waals surface area contributed by atoms with Gasteiger partial charge in [-0.3, -0.25) is 9.59 Å². The summed E-state index contributed by atoms with van der Waals surface area (Å²) in [5.41, 5.74) is 0. The second-order valence-corrected chi connectivity index (χ2v) is 4.23. The number of carboxylic acid groups (broad SMARTS) is 1. The Morgan fingerprint density at radius 3 is 2.78 bits per heavy atom. The molecule has 18 heavy (non-hydrogen) atoms. The van der Waals surface area contributed by atoms with E-state index in [9.17, 15) is 14.4 Å². The van der Waals surface area contributed by atoms with E-state index in [2.05, 4.69) is 10.6 Å². The Bertz CT molecular complexity index is 332. The number of rotatable bonds is 6. The lowest BCUT2D eigenvalue weighted by Gasteiger charge is -2.15. The molecular weight excluding hydrogens is 238 g/mol. The van der Waals surface area contributed by atoms with Gasteiger partial charge in [0.15, 0.2) is 0 Å². The second kappa shape index (κ2) is 6.83. The molecule has 0 radical (unpaired) electrons. The predicted octanol–water partition coefficient (Wildman–Crippen LogP) is -0.229. The summed E-state index contributed by atoms with van der Waals surface area (Å²) >= 11 is 0. The van der Waals surface area contributed by atoms with Gasteiger partial charge in [0.05, 0.1) is 6.04 Å². The molecular formula is C11H19N3O4.